The van der Waals surface area contributed by atoms with Gasteiger partial charge in [0.25, 0.3) is 10.0 Å². The van der Waals surface area contributed by atoms with Gasteiger partial charge in [0.15, 0.2) is 0 Å². The lowest BCUT2D eigenvalue weighted by molar-refractivity contribution is -0.118. The summed E-state index contributed by atoms with van der Waals surface area (Å²) in [6, 6.07) is 14.9. The topological polar surface area (TPSA) is 63.2 Å². The van der Waals surface area contributed by atoms with Crippen LogP contribution in [0.25, 0.3) is 0 Å². The summed E-state index contributed by atoms with van der Waals surface area (Å²) >= 11 is 5.82. The molecular weight excluding hydrogens is 298 g/mol. The fourth-order valence-corrected chi connectivity index (χ4v) is 3.19. The fraction of sp³-hybridized carbons (Fsp3) is 0.0714. The van der Waals surface area contributed by atoms with Gasteiger partial charge >= 0.3 is 0 Å². The Bertz CT molecular complexity index is 714. The molecule has 0 aromatic heterocycles. The average molecular weight is 310 g/mol. The molecular formula is C14H12ClNO3S. The van der Waals surface area contributed by atoms with Gasteiger partial charge in [0.2, 0.25) is 5.91 Å². The largest absolute Gasteiger partial charge is 0.274 e. The maximum atomic E-state index is 12.0. The maximum Gasteiger partial charge on any atom is 0.265 e. The molecule has 6 heteroatoms. The highest BCUT2D eigenvalue weighted by atomic mass is 35.5. The number of halogens is 1. The number of benzene rings is 2. The molecule has 0 unspecified atom stereocenters. The highest BCUT2D eigenvalue weighted by molar-refractivity contribution is 7.90. The number of sulfonamides is 1. The molecule has 2 rings (SSSR count). The van der Waals surface area contributed by atoms with Crippen LogP contribution in [0, 0.1) is 0 Å². The first-order chi connectivity index (χ1) is 9.49. The van der Waals surface area contributed by atoms with E-state index >= 15 is 0 Å². The van der Waals surface area contributed by atoms with Crippen molar-refractivity contribution >= 4 is 27.5 Å². The zero-order valence-electron chi connectivity index (χ0n) is 10.4. The summed E-state index contributed by atoms with van der Waals surface area (Å²) in [7, 11) is -3.94. The standard InChI is InChI=1S/C14H12ClNO3S/c15-12-8-4-5-9-13(12)20(18,19)16-14(17)10-11-6-2-1-3-7-11/h1-9H,10H2,(H,16,17). The molecule has 0 aliphatic heterocycles. The minimum atomic E-state index is -3.94. The Hall–Kier alpha value is -1.85. The Kier molecular flexibility index (Phi) is 4.42. The summed E-state index contributed by atoms with van der Waals surface area (Å²) in [4.78, 5) is 11.7. The first-order valence-electron chi connectivity index (χ1n) is 5.83. The number of rotatable bonds is 4. The highest BCUT2D eigenvalue weighted by Gasteiger charge is 2.20. The van der Waals surface area contributed by atoms with E-state index in [-0.39, 0.29) is 16.3 Å². The van der Waals surface area contributed by atoms with Crippen molar-refractivity contribution in [2.75, 3.05) is 0 Å². The smallest absolute Gasteiger partial charge is 0.265 e. The van der Waals surface area contributed by atoms with E-state index in [9.17, 15) is 13.2 Å². The van der Waals surface area contributed by atoms with Crippen LogP contribution in [0.3, 0.4) is 0 Å². The molecule has 0 spiro atoms. The van der Waals surface area contributed by atoms with Crippen molar-refractivity contribution in [2.24, 2.45) is 0 Å². The molecule has 20 heavy (non-hydrogen) atoms. The van der Waals surface area contributed by atoms with E-state index in [2.05, 4.69) is 0 Å². The van der Waals surface area contributed by atoms with E-state index in [4.69, 9.17) is 11.6 Å². The van der Waals surface area contributed by atoms with E-state index < -0.39 is 15.9 Å². The monoisotopic (exact) mass is 309 g/mol. The van der Waals surface area contributed by atoms with Gasteiger partial charge in [-0.1, -0.05) is 54.1 Å². The SMILES string of the molecule is O=C(Cc1ccccc1)NS(=O)(=O)c1ccccc1Cl. The maximum absolute atomic E-state index is 12.0. The van der Waals surface area contributed by atoms with E-state index in [1.807, 2.05) is 10.8 Å². The van der Waals surface area contributed by atoms with Crippen molar-refractivity contribution in [1.29, 1.82) is 0 Å². The van der Waals surface area contributed by atoms with Crippen LogP contribution in [0.2, 0.25) is 5.02 Å². The van der Waals surface area contributed by atoms with Crippen LogP contribution in [0.4, 0.5) is 0 Å². The minimum absolute atomic E-state index is 0.00940. The van der Waals surface area contributed by atoms with E-state index in [0.717, 1.165) is 5.56 Å². The van der Waals surface area contributed by atoms with Gasteiger partial charge in [0, 0.05) is 0 Å². The molecule has 0 aliphatic carbocycles. The van der Waals surface area contributed by atoms with Crippen molar-refractivity contribution in [3.8, 4) is 0 Å². The Morgan fingerprint density at radius 1 is 1.00 bits per heavy atom. The van der Waals surface area contributed by atoms with Gasteiger partial charge in [-0.3, -0.25) is 4.79 Å². The summed E-state index contributed by atoms with van der Waals surface area (Å²) in [5.74, 6) is -0.601. The zero-order chi connectivity index (χ0) is 14.6. The summed E-state index contributed by atoms with van der Waals surface area (Å²) in [5, 5.41) is 0.0764. The molecule has 0 saturated heterocycles. The summed E-state index contributed by atoms with van der Waals surface area (Å²) in [6.07, 6.45) is -0.00940. The van der Waals surface area contributed by atoms with Crippen molar-refractivity contribution in [3.05, 3.63) is 65.2 Å². The van der Waals surface area contributed by atoms with Crippen LogP contribution < -0.4 is 4.72 Å². The molecule has 2 aromatic rings. The Morgan fingerprint density at radius 2 is 1.60 bits per heavy atom. The van der Waals surface area contributed by atoms with Crippen LogP contribution >= 0.6 is 11.6 Å². The number of carbonyl (C=O) groups is 1. The predicted molar refractivity (Wildman–Crippen MR) is 76.9 cm³/mol. The fourth-order valence-electron chi connectivity index (χ4n) is 1.68. The molecule has 1 N–H and O–H groups in total. The van der Waals surface area contributed by atoms with E-state index in [0.29, 0.717) is 0 Å². The molecule has 0 fully saturated rings. The molecule has 1 amide bonds. The van der Waals surface area contributed by atoms with Gasteiger partial charge in [0.1, 0.15) is 4.90 Å². The average Bonchev–Trinajstić information content (AvgIpc) is 2.39. The number of hydrogen-bond acceptors (Lipinski definition) is 3. The summed E-state index contributed by atoms with van der Waals surface area (Å²) in [6.45, 7) is 0. The Morgan fingerprint density at radius 3 is 2.25 bits per heavy atom. The van der Waals surface area contributed by atoms with Crippen molar-refractivity contribution in [3.63, 3.8) is 0 Å². The van der Waals surface area contributed by atoms with Gasteiger partial charge < -0.3 is 0 Å². The lowest BCUT2D eigenvalue weighted by Crippen LogP contribution is -2.31. The quantitative estimate of drug-likeness (QED) is 0.943. The van der Waals surface area contributed by atoms with E-state index in [1.54, 1.807) is 36.4 Å². The van der Waals surface area contributed by atoms with Crippen LogP contribution in [0.15, 0.2) is 59.5 Å². The lowest BCUT2D eigenvalue weighted by atomic mass is 10.1. The summed E-state index contributed by atoms with van der Waals surface area (Å²) in [5.41, 5.74) is 0.736. The third-order valence-electron chi connectivity index (χ3n) is 2.58. The molecule has 0 atom stereocenters. The number of hydrogen-bond donors (Lipinski definition) is 1. The van der Waals surface area contributed by atoms with Gasteiger partial charge in [0.05, 0.1) is 11.4 Å². The van der Waals surface area contributed by atoms with Crippen LogP contribution in [-0.2, 0) is 21.2 Å². The second-order valence-corrected chi connectivity index (χ2v) is 6.18. The molecule has 0 saturated carbocycles. The second kappa shape index (κ2) is 6.07. The third-order valence-corrected chi connectivity index (χ3v) is 4.45. The van der Waals surface area contributed by atoms with Crippen molar-refractivity contribution in [2.45, 2.75) is 11.3 Å². The first kappa shape index (κ1) is 14.6. The Balaban J connectivity index is 2.13. The van der Waals surface area contributed by atoms with Gasteiger partial charge in [-0.25, -0.2) is 13.1 Å². The lowest BCUT2D eigenvalue weighted by Gasteiger charge is -2.08. The first-order valence-corrected chi connectivity index (χ1v) is 7.69. The van der Waals surface area contributed by atoms with Gasteiger partial charge in [-0.05, 0) is 17.7 Å². The molecule has 0 radical (unpaired) electrons. The number of amides is 1. The van der Waals surface area contributed by atoms with Crippen LogP contribution in [0.5, 0.6) is 0 Å². The molecule has 0 aliphatic rings. The number of carbonyl (C=O) groups excluding carboxylic acids is 1. The molecule has 4 nitrogen and oxygen atoms in total. The van der Waals surface area contributed by atoms with Crippen molar-refractivity contribution in [1.82, 2.24) is 4.72 Å². The zero-order valence-corrected chi connectivity index (χ0v) is 12.0. The second-order valence-electron chi connectivity index (χ2n) is 4.12. The molecule has 0 bridgehead atoms. The van der Waals surface area contributed by atoms with E-state index in [1.165, 1.54) is 12.1 Å². The van der Waals surface area contributed by atoms with Crippen LogP contribution in [0.1, 0.15) is 5.56 Å². The third kappa shape index (κ3) is 3.59. The highest BCUT2D eigenvalue weighted by Crippen LogP contribution is 2.20. The Labute approximate surface area is 122 Å². The van der Waals surface area contributed by atoms with Crippen molar-refractivity contribution < 1.29 is 13.2 Å². The normalized spacial score (nSPS) is 11.1. The molecule has 104 valence electrons. The predicted octanol–water partition coefficient (Wildman–Crippen LogP) is 2.39. The number of nitrogens with one attached hydrogen (secondary N) is 1. The van der Waals surface area contributed by atoms with Crippen LogP contribution in [-0.4, -0.2) is 14.3 Å². The van der Waals surface area contributed by atoms with Gasteiger partial charge in [-0.2, -0.15) is 0 Å². The minimum Gasteiger partial charge on any atom is -0.274 e. The summed E-state index contributed by atoms with van der Waals surface area (Å²) < 4.78 is 26.1. The van der Waals surface area contributed by atoms with Gasteiger partial charge in [-0.15, -0.1) is 0 Å². The molecule has 2 aromatic carbocycles. The molecule has 0 heterocycles.